The normalized spacial score (nSPS) is 15.7. The average Bonchev–Trinajstić information content (AvgIpc) is 2.90. The molecule has 1 unspecified atom stereocenters. The van der Waals surface area contributed by atoms with Gasteiger partial charge in [0.25, 0.3) is 5.91 Å². The Bertz CT molecular complexity index is 1060. The predicted molar refractivity (Wildman–Crippen MR) is 136 cm³/mol. The first-order valence-electron chi connectivity index (χ1n) is 11.8. The Kier molecular flexibility index (Phi) is 8.51. The van der Waals surface area contributed by atoms with Crippen molar-refractivity contribution in [3.63, 3.8) is 0 Å². The number of rotatable bonds is 10. The largest absolute Gasteiger partial charge is 0.491 e. The summed E-state index contributed by atoms with van der Waals surface area (Å²) in [5.41, 5.74) is 2.41. The molecule has 0 bridgehead atoms. The number of hydrogen-bond donors (Lipinski definition) is 1. The molecule has 0 spiro atoms. The van der Waals surface area contributed by atoms with Crippen LogP contribution in [0.15, 0.2) is 72.9 Å². The molecule has 1 N–H and O–H groups in total. The van der Waals surface area contributed by atoms with E-state index in [0.717, 1.165) is 36.8 Å². The summed E-state index contributed by atoms with van der Waals surface area (Å²) >= 11 is 0. The van der Waals surface area contributed by atoms with Crippen molar-refractivity contribution in [2.45, 2.75) is 13.0 Å². The van der Waals surface area contributed by atoms with Crippen molar-refractivity contribution in [2.75, 3.05) is 61.2 Å². The van der Waals surface area contributed by atoms with Gasteiger partial charge in [-0.2, -0.15) is 0 Å². The van der Waals surface area contributed by atoms with Crippen molar-refractivity contribution in [1.29, 1.82) is 0 Å². The molecule has 1 fully saturated rings. The topological polar surface area (TPSA) is 66.9 Å². The zero-order valence-electron chi connectivity index (χ0n) is 19.9. The number of benzene rings is 2. The second kappa shape index (κ2) is 12.2. The van der Waals surface area contributed by atoms with Crippen LogP contribution in [0.4, 0.5) is 21.6 Å². The average molecular weight is 479 g/mol. The maximum absolute atomic E-state index is 12.6. The molecule has 1 atom stereocenters. The van der Waals surface area contributed by atoms with E-state index in [-0.39, 0.29) is 12.5 Å². The van der Waals surface area contributed by atoms with Crippen LogP contribution in [-0.4, -0.2) is 63.1 Å². The Morgan fingerprint density at radius 3 is 2.51 bits per heavy atom. The van der Waals surface area contributed by atoms with Gasteiger partial charge in [-0.25, -0.2) is 9.37 Å². The van der Waals surface area contributed by atoms with Gasteiger partial charge in [-0.3, -0.25) is 4.79 Å². The fraction of sp³-hybridized carbons (Fsp3) is 0.333. The summed E-state index contributed by atoms with van der Waals surface area (Å²) in [6.45, 7) is 5.14. The maximum atomic E-state index is 12.6. The lowest BCUT2D eigenvalue weighted by atomic mass is 10.1. The standard InChI is InChI=1S/C27H31FN4O3/c1-21-20-31(15-16-32(21)26-4-2-3-14-29-26)24-9-7-23(8-10-24)30-27(33)22-5-11-25(12-6-22)35-19-18-34-17-13-28/h2-12,14,21H,13,15-20H2,1H3,(H,30,33). The highest BCUT2D eigenvalue weighted by Gasteiger charge is 2.24. The number of amides is 1. The maximum Gasteiger partial charge on any atom is 0.255 e. The monoisotopic (exact) mass is 478 g/mol. The van der Waals surface area contributed by atoms with E-state index in [1.54, 1.807) is 24.3 Å². The summed E-state index contributed by atoms with van der Waals surface area (Å²) in [4.78, 5) is 21.8. The third-order valence-electron chi connectivity index (χ3n) is 5.90. The van der Waals surface area contributed by atoms with Crippen LogP contribution in [0.1, 0.15) is 17.3 Å². The molecule has 1 aliphatic heterocycles. The SMILES string of the molecule is CC1CN(c2ccc(NC(=O)c3ccc(OCCOCCF)cc3)cc2)CCN1c1ccccn1. The lowest BCUT2D eigenvalue weighted by Crippen LogP contribution is -2.52. The molecule has 1 amide bonds. The van der Waals surface area contributed by atoms with Gasteiger partial charge in [0, 0.05) is 48.8 Å². The van der Waals surface area contributed by atoms with Crippen LogP contribution in [0.2, 0.25) is 0 Å². The number of aromatic nitrogens is 1. The Labute approximate surface area is 205 Å². The number of anilines is 3. The molecular formula is C27H31FN4O3. The predicted octanol–water partition coefficient (Wildman–Crippen LogP) is 4.41. The highest BCUT2D eigenvalue weighted by Crippen LogP contribution is 2.24. The summed E-state index contributed by atoms with van der Waals surface area (Å²) in [7, 11) is 0. The third-order valence-corrected chi connectivity index (χ3v) is 5.90. The van der Waals surface area contributed by atoms with Crippen molar-refractivity contribution in [2.24, 2.45) is 0 Å². The van der Waals surface area contributed by atoms with Gasteiger partial charge in [0.05, 0.1) is 13.2 Å². The molecule has 7 nitrogen and oxygen atoms in total. The van der Waals surface area contributed by atoms with Crippen LogP contribution in [-0.2, 0) is 4.74 Å². The number of carbonyl (C=O) groups is 1. The fourth-order valence-electron chi connectivity index (χ4n) is 4.09. The van der Waals surface area contributed by atoms with Crippen LogP contribution in [0, 0.1) is 0 Å². The van der Waals surface area contributed by atoms with Gasteiger partial charge < -0.3 is 24.6 Å². The van der Waals surface area contributed by atoms with Crippen molar-refractivity contribution >= 4 is 23.1 Å². The van der Waals surface area contributed by atoms with Crippen LogP contribution in [0.5, 0.6) is 5.75 Å². The number of pyridine rings is 1. The number of ether oxygens (including phenoxy) is 2. The number of alkyl halides is 1. The molecule has 2 heterocycles. The van der Waals surface area contributed by atoms with E-state index in [2.05, 4.69) is 33.1 Å². The number of halogens is 1. The zero-order valence-corrected chi connectivity index (χ0v) is 19.9. The van der Waals surface area contributed by atoms with Gasteiger partial charge in [0.15, 0.2) is 0 Å². The smallest absolute Gasteiger partial charge is 0.255 e. The molecule has 1 aromatic heterocycles. The van der Waals surface area contributed by atoms with E-state index in [0.29, 0.717) is 30.6 Å². The van der Waals surface area contributed by atoms with E-state index < -0.39 is 6.67 Å². The van der Waals surface area contributed by atoms with E-state index in [1.165, 1.54) is 0 Å². The molecule has 0 aliphatic carbocycles. The lowest BCUT2D eigenvalue weighted by molar-refractivity contribution is 0.0897. The molecule has 1 saturated heterocycles. The third kappa shape index (κ3) is 6.70. The van der Waals surface area contributed by atoms with Crippen molar-refractivity contribution in [3.05, 3.63) is 78.5 Å². The van der Waals surface area contributed by atoms with Gasteiger partial charge in [0.2, 0.25) is 0 Å². The van der Waals surface area contributed by atoms with Crippen molar-refractivity contribution in [1.82, 2.24) is 4.98 Å². The van der Waals surface area contributed by atoms with Gasteiger partial charge in [0.1, 0.15) is 24.8 Å². The Balaban J connectivity index is 1.27. The number of nitrogens with zero attached hydrogens (tertiary/aromatic N) is 3. The highest BCUT2D eigenvalue weighted by atomic mass is 19.1. The Morgan fingerprint density at radius 2 is 1.83 bits per heavy atom. The lowest BCUT2D eigenvalue weighted by Gasteiger charge is -2.41. The summed E-state index contributed by atoms with van der Waals surface area (Å²) in [6, 6.07) is 21.2. The number of piperazine rings is 1. The highest BCUT2D eigenvalue weighted by molar-refractivity contribution is 6.04. The van der Waals surface area contributed by atoms with E-state index >= 15 is 0 Å². The van der Waals surface area contributed by atoms with Crippen molar-refractivity contribution in [3.8, 4) is 5.75 Å². The first kappa shape index (κ1) is 24.5. The minimum Gasteiger partial charge on any atom is -0.491 e. The summed E-state index contributed by atoms with van der Waals surface area (Å²) in [5.74, 6) is 1.46. The second-order valence-corrected chi connectivity index (χ2v) is 8.35. The number of carbonyl (C=O) groups excluding carboxylic acids is 1. The Morgan fingerprint density at radius 1 is 1.03 bits per heavy atom. The molecule has 184 valence electrons. The molecule has 0 saturated carbocycles. The Hall–Kier alpha value is -3.65. The molecule has 35 heavy (non-hydrogen) atoms. The zero-order chi connectivity index (χ0) is 24.5. The van der Waals surface area contributed by atoms with Crippen LogP contribution >= 0.6 is 0 Å². The van der Waals surface area contributed by atoms with Gasteiger partial charge >= 0.3 is 0 Å². The fourth-order valence-corrected chi connectivity index (χ4v) is 4.09. The quantitative estimate of drug-likeness (QED) is 0.436. The van der Waals surface area contributed by atoms with Crippen LogP contribution in [0.25, 0.3) is 0 Å². The minimum atomic E-state index is -0.505. The minimum absolute atomic E-state index is 0.0746. The molecule has 1 aliphatic rings. The molecule has 4 rings (SSSR count). The molecule has 8 heteroatoms. The molecule has 0 radical (unpaired) electrons. The molecular weight excluding hydrogens is 447 g/mol. The summed E-state index contributed by atoms with van der Waals surface area (Å²) in [5, 5.41) is 2.94. The second-order valence-electron chi connectivity index (χ2n) is 8.35. The molecule has 3 aromatic rings. The van der Waals surface area contributed by atoms with Crippen molar-refractivity contribution < 1.29 is 18.7 Å². The van der Waals surface area contributed by atoms with Crippen LogP contribution in [0.3, 0.4) is 0 Å². The summed E-state index contributed by atoms with van der Waals surface area (Å²) in [6.07, 6.45) is 1.83. The first-order valence-corrected chi connectivity index (χ1v) is 11.8. The summed E-state index contributed by atoms with van der Waals surface area (Å²) < 4.78 is 22.6. The number of nitrogens with one attached hydrogen (secondary N) is 1. The van der Waals surface area contributed by atoms with E-state index in [9.17, 15) is 9.18 Å². The van der Waals surface area contributed by atoms with Gasteiger partial charge in [-0.05, 0) is 67.6 Å². The van der Waals surface area contributed by atoms with E-state index in [4.69, 9.17) is 9.47 Å². The van der Waals surface area contributed by atoms with E-state index in [1.807, 2.05) is 42.6 Å². The first-order chi connectivity index (χ1) is 17.1. The van der Waals surface area contributed by atoms with Crippen LogP contribution < -0.4 is 19.9 Å². The number of hydrogen-bond acceptors (Lipinski definition) is 6. The molecule has 2 aromatic carbocycles. The van der Waals surface area contributed by atoms with Gasteiger partial charge in [-0.1, -0.05) is 6.07 Å². The van der Waals surface area contributed by atoms with Gasteiger partial charge in [-0.15, -0.1) is 0 Å².